The van der Waals surface area contributed by atoms with Crippen LogP contribution < -0.4 is 18.9 Å². The Morgan fingerprint density at radius 2 is 0.944 bits per heavy atom. The van der Waals surface area contributed by atoms with Crippen LogP contribution in [0.2, 0.25) is 0 Å². The highest BCUT2D eigenvalue weighted by molar-refractivity contribution is 5.46. The average Bonchev–Trinajstić information content (AvgIpc) is 3.42. The number of ether oxygens (including phenoxy) is 8. The van der Waals surface area contributed by atoms with Crippen LogP contribution in [0.1, 0.15) is 193 Å². The molecule has 0 radical (unpaired) electrons. The second-order valence-electron chi connectivity index (χ2n) is 21.1. The summed E-state index contributed by atoms with van der Waals surface area (Å²) in [6, 6.07) is 35.2. The van der Waals surface area contributed by atoms with E-state index in [2.05, 4.69) is 132 Å². The first-order valence-electron chi connectivity index (χ1n) is 28.3. The van der Waals surface area contributed by atoms with E-state index in [1.165, 1.54) is 80.0 Å². The Hall–Kier alpha value is -4.08. The van der Waals surface area contributed by atoms with E-state index in [-0.39, 0.29) is 36.0 Å². The van der Waals surface area contributed by atoms with Gasteiger partial charge in [0.05, 0.1) is 26.4 Å². The first-order chi connectivity index (χ1) is 34.7. The number of benzene rings is 4. The maximum atomic E-state index is 6.28. The Bertz CT molecular complexity index is 2000. The fraction of sp³-hybridized carbons (Fsp3) is 0.619. The highest BCUT2D eigenvalue weighted by atomic mass is 16.7. The third-order valence-corrected chi connectivity index (χ3v) is 15.9. The van der Waals surface area contributed by atoms with Crippen LogP contribution in [0.5, 0.6) is 23.0 Å². The lowest BCUT2D eigenvalue weighted by Gasteiger charge is -2.42. The van der Waals surface area contributed by atoms with Crippen LogP contribution in [0.4, 0.5) is 0 Å². The lowest BCUT2D eigenvalue weighted by molar-refractivity contribution is -0.106. The summed E-state index contributed by atoms with van der Waals surface area (Å²) in [6.07, 6.45) is 20.8. The van der Waals surface area contributed by atoms with E-state index in [1.807, 2.05) is 13.8 Å². The van der Waals surface area contributed by atoms with E-state index < -0.39 is 0 Å². The van der Waals surface area contributed by atoms with Gasteiger partial charge >= 0.3 is 0 Å². The SMILES string of the molecule is CC.CC1CCC(c2ccc(OC3CCCCO3)cc2)(c2ccc(OC3CCCCO3)cc2)CC1.CCCOC(CC)Oc1ccc(C2(c3cccc(OC4CCCCO4)c3)CCC(C(C)C)CC2)cc1. The van der Waals surface area contributed by atoms with Crippen molar-refractivity contribution in [3.8, 4) is 23.0 Å². The topological polar surface area (TPSA) is 73.8 Å². The van der Waals surface area contributed by atoms with Gasteiger partial charge in [0.1, 0.15) is 23.0 Å². The Labute approximate surface area is 429 Å². The second kappa shape index (κ2) is 27.8. The molecule has 3 saturated heterocycles. The number of hydrogen-bond donors (Lipinski definition) is 0. The van der Waals surface area contributed by atoms with E-state index >= 15 is 0 Å². The molecule has 4 atom stereocenters. The molecule has 8 nitrogen and oxygen atoms in total. The highest BCUT2D eigenvalue weighted by Gasteiger charge is 2.40. The summed E-state index contributed by atoms with van der Waals surface area (Å²) in [5, 5.41) is 0. The highest BCUT2D eigenvalue weighted by Crippen LogP contribution is 2.50. The van der Waals surface area contributed by atoms with Gasteiger partial charge in [-0.2, -0.15) is 0 Å². The quantitative estimate of drug-likeness (QED) is 0.0969. The summed E-state index contributed by atoms with van der Waals surface area (Å²) < 4.78 is 47.8. The van der Waals surface area contributed by atoms with E-state index in [0.29, 0.717) is 0 Å². The van der Waals surface area contributed by atoms with E-state index in [9.17, 15) is 0 Å². The van der Waals surface area contributed by atoms with E-state index in [4.69, 9.17) is 37.9 Å². The van der Waals surface area contributed by atoms with Crippen LogP contribution in [0, 0.1) is 17.8 Å². The molecule has 0 N–H and O–H groups in total. The van der Waals surface area contributed by atoms with Gasteiger partial charge in [0, 0.05) is 36.5 Å². The molecule has 3 heterocycles. The third kappa shape index (κ3) is 15.0. The standard InChI is InChI=1S/C32H46O4.C29H38O4.C2H6/c1-5-21-33-30(6-2)35-28-15-13-26(14-16-28)32(19-17-25(18-20-32)24(3)4)27-10-9-11-29(23-27)36-31-12-7-8-22-34-31;1-22-16-18-29(19-17-22,23-8-12-25(13-9-23)32-27-6-2-4-20-30-27)24-10-14-26(15-11-24)33-28-7-3-5-21-31-28;1-2/h9-11,13-16,23-25,30-31H,5-8,12,17-22H2,1-4H3;8-15,22,27-28H,2-7,16-21H2,1H3;1-2H3. The van der Waals surface area contributed by atoms with Crippen LogP contribution >= 0.6 is 0 Å². The summed E-state index contributed by atoms with van der Waals surface area (Å²) in [5.74, 6) is 5.91. The van der Waals surface area contributed by atoms with Gasteiger partial charge < -0.3 is 37.9 Å². The van der Waals surface area contributed by atoms with Crippen molar-refractivity contribution in [3.63, 3.8) is 0 Å². The first kappa shape index (κ1) is 54.7. The molecule has 9 rings (SSSR count). The van der Waals surface area contributed by atoms with Crippen molar-refractivity contribution < 1.29 is 37.9 Å². The van der Waals surface area contributed by atoms with Crippen molar-refractivity contribution in [1.82, 2.24) is 0 Å². The molecule has 0 aromatic heterocycles. The van der Waals surface area contributed by atoms with Crippen molar-refractivity contribution >= 4 is 0 Å². The third-order valence-electron chi connectivity index (χ3n) is 15.9. The van der Waals surface area contributed by atoms with Crippen molar-refractivity contribution in [3.05, 3.63) is 119 Å². The van der Waals surface area contributed by atoms with Crippen LogP contribution in [0.3, 0.4) is 0 Å². The molecule has 5 aliphatic rings. The van der Waals surface area contributed by atoms with Gasteiger partial charge in [-0.1, -0.05) is 97.0 Å². The molecule has 4 aromatic carbocycles. The van der Waals surface area contributed by atoms with Crippen LogP contribution in [-0.2, 0) is 29.8 Å². The number of rotatable bonds is 17. The largest absolute Gasteiger partial charge is 0.465 e. The minimum atomic E-state index is -0.193. The molecule has 5 fully saturated rings. The van der Waals surface area contributed by atoms with Crippen LogP contribution in [0.25, 0.3) is 0 Å². The molecule has 2 aliphatic carbocycles. The summed E-state index contributed by atoms with van der Waals surface area (Å²) in [6.45, 7) is 18.5. The zero-order chi connectivity index (χ0) is 49.9. The van der Waals surface area contributed by atoms with Crippen LogP contribution in [0.15, 0.2) is 97.1 Å². The molecule has 4 unspecified atom stereocenters. The maximum absolute atomic E-state index is 6.28. The van der Waals surface area contributed by atoms with Gasteiger partial charge in [0.15, 0.2) is 25.2 Å². The first-order valence-corrected chi connectivity index (χ1v) is 28.3. The lowest BCUT2D eigenvalue weighted by atomic mass is 9.61. The van der Waals surface area contributed by atoms with Gasteiger partial charge in [-0.25, -0.2) is 0 Å². The molecule has 4 aromatic rings. The lowest BCUT2D eigenvalue weighted by Crippen LogP contribution is -2.34. The van der Waals surface area contributed by atoms with Gasteiger partial charge in [-0.05, 0) is 185 Å². The zero-order valence-corrected chi connectivity index (χ0v) is 44.8. The Morgan fingerprint density at radius 3 is 1.37 bits per heavy atom. The minimum absolute atomic E-state index is 0.0143. The molecular weight excluding hydrogens is 885 g/mol. The zero-order valence-electron chi connectivity index (χ0n) is 44.8. The molecule has 3 aliphatic heterocycles. The van der Waals surface area contributed by atoms with Gasteiger partial charge in [0.25, 0.3) is 0 Å². The number of hydrogen-bond acceptors (Lipinski definition) is 8. The summed E-state index contributed by atoms with van der Waals surface area (Å²) >= 11 is 0. The summed E-state index contributed by atoms with van der Waals surface area (Å²) in [7, 11) is 0. The predicted molar refractivity (Wildman–Crippen MR) is 287 cm³/mol. The molecule has 390 valence electrons. The smallest absolute Gasteiger partial charge is 0.199 e. The van der Waals surface area contributed by atoms with Crippen molar-refractivity contribution in [2.45, 2.75) is 206 Å². The molecule has 0 bridgehead atoms. The predicted octanol–water partition coefficient (Wildman–Crippen LogP) is 16.3. The van der Waals surface area contributed by atoms with Gasteiger partial charge in [-0.3, -0.25) is 0 Å². The Kier molecular flexibility index (Phi) is 21.4. The van der Waals surface area contributed by atoms with Crippen molar-refractivity contribution in [1.29, 1.82) is 0 Å². The fourth-order valence-corrected chi connectivity index (χ4v) is 11.5. The summed E-state index contributed by atoms with van der Waals surface area (Å²) in [5.41, 5.74) is 5.52. The summed E-state index contributed by atoms with van der Waals surface area (Å²) in [4.78, 5) is 0. The van der Waals surface area contributed by atoms with E-state index in [1.54, 1.807) is 0 Å². The monoisotopic (exact) mass is 975 g/mol. The van der Waals surface area contributed by atoms with Crippen molar-refractivity contribution in [2.75, 3.05) is 26.4 Å². The van der Waals surface area contributed by atoms with Gasteiger partial charge in [-0.15, -0.1) is 0 Å². The Balaban J connectivity index is 0.000000202. The normalized spacial score (nSPS) is 27.2. The minimum Gasteiger partial charge on any atom is -0.465 e. The fourth-order valence-electron chi connectivity index (χ4n) is 11.5. The van der Waals surface area contributed by atoms with Gasteiger partial charge in [0.2, 0.25) is 0 Å². The van der Waals surface area contributed by atoms with Crippen LogP contribution in [-0.4, -0.2) is 51.6 Å². The van der Waals surface area contributed by atoms with Crippen molar-refractivity contribution in [2.24, 2.45) is 17.8 Å². The second-order valence-corrected chi connectivity index (χ2v) is 21.1. The molecular formula is C63H90O8. The molecule has 2 saturated carbocycles. The molecule has 0 spiro atoms. The molecule has 0 amide bonds. The van der Waals surface area contributed by atoms with E-state index in [0.717, 1.165) is 131 Å². The maximum Gasteiger partial charge on any atom is 0.199 e. The average molecular weight is 975 g/mol. The molecule has 71 heavy (non-hydrogen) atoms. The molecule has 8 heteroatoms. The Morgan fingerprint density at radius 1 is 0.507 bits per heavy atom.